The first-order valence-corrected chi connectivity index (χ1v) is 11.1. The smallest absolute Gasteiger partial charge is 0.243 e. The Bertz CT molecular complexity index is 914. The third-order valence-corrected chi connectivity index (χ3v) is 7.52. The van der Waals surface area contributed by atoms with Gasteiger partial charge in [0.25, 0.3) is 0 Å². The van der Waals surface area contributed by atoms with Gasteiger partial charge in [-0.05, 0) is 41.3 Å². The van der Waals surface area contributed by atoms with E-state index in [-0.39, 0.29) is 5.41 Å². The van der Waals surface area contributed by atoms with Gasteiger partial charge in [0.05, 0.1) is 14.9 Å². The van der Waals surface area contributed by atoms with Crippen LogP contribution in [0.3, 0.4) is 0 Å². The fraction of sp³-hybridized carbons (Fsp3) is 0.400. The summed E-state index contributed by atoms with van der Waals surface area (Å²) in [6.45, 7) is 8.41. The van der Waals surface area contributed by atoms with Crippen LogP contribution in [0.25, 0.3) is 0 Å². The Hall–Kier alpha value is -1.27. The molecule has 1 saturated heterocycles. The summed E-state index contributed by atoms with van der Waals surface area (Å²) in [7, 11) is -3.49. The SMILES string of the molecule is CC(C)(C)c1ccc(S(=O)(=O)N2CCN(c3ccc(Cl)c(Cl)c3)CC2)cc1. The van der Waals surface area contributed by atoms with E-state index in [4.69, 9.17) is 23.2 Å². The molecule has 146 valence electrons. The van der Waals surface area contributed by atoms with Gasteiger partial charge in [-0.1, -0.05) is 56.1 Å². The third kappa shape index (κ3) is 4.43. The summed E-state index contributed by atoms with van der Waals surface area (Å²) in [4.78, 5) is 2.47. The summed E-state index contributed by atoms with van der Waals surface area (Å²) in [5.74, 6) is 0. The number of hydrogen-bond donors (Lipinski definition) is 0. The molecule has 0 atom stereocenters. The quantitative estimate of drug-likeness (QED) is 0.707. The van der Waals surface area contributed by atoms with Crippen LogP contribution in [0, 0.1) is 0 Å². The standard InChI is InChI=1S/C20H24Cl2N2O2S/c1-20(2,3)15-4-7-17(8-5-15)27(25,26)24-12-10-23(11-13-24)16-6-9-18(21)19(22)14-16/h4-9,14H,10-13H2,1-3H3. The predicted octanol–water partition coefficient (Wildman–Crippen LogP) is 4.80. The molecule has 0 saturated carbocycles. The van der Waals surface area contributed by atoms with Crippen molar-refractivity contribution in [1.82, 2.24) is 4.31 Å². The fourth-order valence-corrected chi connectivity index (χ4v) is 4.86. The molecule has 0 aliphatic carbocycles. The number of rotatable bonds is 3. The second-order valence-corrected chi connectivity index (χ2v) is 10.5. The molecule has 0 bridgehead atoms. The highest BCUT2D eigenvalue weighted by molar-refractivity contribution is 7.89. The molecule has 27 heavy (non-hydrogen) atoms. The highest BCUT2D eigenvalue weighted by Crippen LogP contribution is 2.29. The summed E-state index contributed by atoms with van der Waals surface area (Å²) in [5, 5.41) is 1.02. The molecule has 1 aliphatic heterocycles. The number of benzene rings is 2. The average molecular weight is 427 g/mol. The van der Waals surface area contributed by atoms with Crippen molar-refractivity contribution in [2.75, 3.05) is 31.1 Å². The maximum atomic E-state index is 13.0. The van der Waals surface area contributed by atoms with Crippen molar-refractivity contribution < 1.29 is 8.42 Å². The number of piperazine rings is 1. The lowest BCUT2D eigenvalue weighted by molar-refractivity contribution is 0.385. The van der Waals surface area contributed by atoms with E-state index < -0.39 is 10.0 Å². The molecule has 0 unspecified atom stereocenters. The molecule has 3 rings (SSSR count). The maximum absolute atomic E-state index is 13.0. The average Bonchev–Trinajstić information content (AvgIpc) is 2.63. The van der Waals surface area contributed by atoms with Gasteiger partial charge < -0.3 is 4.90 Å². The van der Waals surface area contributed by atoms with Gasteiger partial charge in [0, 0.05) is 31.9 Å². The topological polar surface area (TPSA) is 40.6 Å². The Morgan fingerprint density at radius 3 is 1.96 bits per heavy atom. The monoisotopic (exact) mass is 426 g/mol. The Kier molecular flexibility index (Phi) is 5.78. The van der Waals surface area contributed by atoms with Gasteiger partial charge in [-0.25, -0.2) is 8.42 Å². The van der Waals surface area contributed by atoms with Crippen LogP contribution in [0.5, 0.6) is 0 Å². The van der Waals surface area contributed by atoms with Gasteiger partial charge in [-0.15, -0.1) is 0 Å². The van der Waals surface area contributed by atoms with E-state index >= 15 is 0 Å². The molecule has 2 aromatic carbocycles. The van der Waals surface area contributed by atoms with E-state index in [0.717, 1.165) is 11.3 Å². The largest absolute Gasteiger partial charge is 0.369 e. The zero-order chi connectivity index (χ0) is 19.8. The Morgan fingerprint density at radius 2 is 1.44 bits per heavy atom. The first-order chi connectivity index (χ1) is 12.6. The molecular formula is C20H24Cl2N2O2S. The number of hydrogen-bond acceptors (Lipinski definition) is 3. The lowest BCUT2D eigenvalue weighted by Gasteiger charge is -2.35. The van der Waals surface area contributed by atoms with Crippen LogP contribution in [0.2, 0.25) is 10.0 Å². The van der Waals surface area contributed by atoms with E-state index in [0.29, 0.717) is 41.1 Å². The highest BCUT2D eigenvalue weighted by Gasteiger charge is 2.29. The molecule has 1 aliphatic rings. The van der Waals surface area contributed by atoms with E-state index in [1.165, 1.54) is 0 Å². The van der Waals surface area contributed by atoms with Crippen LogP contribution >= 0.6 is 23.2 Å². The highest BCUT2D eigenvalue weighted by atomic mass is 35.5. The second kappa shape index (κ2) is 7.63. The fourth-order valence-electron chi connectivity index (χ4n) is 3.14. The van der Waals surface area contributed by atoms with Crippen LogP contribution in [-0.4, -0.2) is 38.9 Å². The molecule has 0 radical (unpaired) electrons. The maximum Gasteiger partial charge on any atom is 0.243 e. The normalized spacial score (nSPS) is 16.6. The van der Waals surface area contributed by atoms with Gasteiger partial charge in [-0.3, -0.25) is 0 Å². The van der Waals surface area contributed by atoms with E-state index in [1.807, 2.05) is 24.3 Å². The Morgan fingerprint density at radius 1 is 0.852 bits per heavy atom. The van der Waals surface area contributed by atoms with Crippen molar-refractivity contribution in [3.63, 3.8) is 0 Å². The van der Waals surface area contributed by atoms with Crippen LogP contribution in [0.1, 0.15) is 26.3 Å². The molecule has 4 nitrogen and oxygen atoms in total. The predicted molar refractivity (Wildman–Crippen MR) is 113 cm³/mol. The zero-order valence-electron chi connectivity index (χ0n) is 15.7. The van der Waals surface area contributed by atoms with Crippen LogP contribution in [0.15, 0.2) is 47.4 Å². The minimum atomic E-state index is -3.49. The van der Waals surface area contributed by atoms with Crippen molar-refractivity contribution in [1.29, 1.82) is 0 Å². The number of halogens is 2. The van der Waals surface area contributed by atoms with E-state index in [2.05, 4.69) is 25.7 Å². The zero-order valence-corrected chi connectivity index (χ0v) is 18.1. The van der Waals surface area contributed by atoms with Gasteiger partial charge in [0.2, 0.25) is 10.0 Å². The third-order valence-electron chi connectivity index (χ3n) is 4.87. The summed E-state index contributed by atoms with van der Waals surface area (Å²) in [5.41, 5.74) is 2.06. The molecule has 0 N–H and O–H groups in total. The Balaban J connectivity index is 1.71. The number of sulfonamides is 1. The summed E-state index contributed by atoms with van der Waals surface area (Å²) in [6, 6.07) is 12.7. The molecule has 1 heterocycles. The second-order valence-electron chi connectivity index (χ2n) is 7.76. The van der Waals surface area contributed by atoms with Crippen LogP contribution in [-0.2, 0) is 15.4 Å². The van der Waals surface area contributed by atoms with Crippen LogP contribution in [0.4, 0.5) is 5.69 Å². The van der Waals surface area contributed by atoms with Crippen molar-refractivity contribution in [2.24, 2.45) is 0 Å². The van der Waals surface area contributed by atoms with Crippen molar-refractivity contribution in [3.8, 4) is 0 Å². The lowest BCUT2D eigenvalue weighted by Crippen LogP contribution is -2.48. The Labute approximate surface area is 171 Å². The van der Waals surface area contributed by atoms with Crippen molar-refractivity contribution in [3.05, 3.63) is 58.1 Å². The number of anilines is 1. The van der Waals surface area contributed by atoms with Gasteiger partial charge in [0.15, 0.2) is 0 Å². The van der Waals surface area contributed by atoms with E-state index in [9.17, 15) is 8.42 Å². The van der Waals surface area contributed by atoms with Crippen LogP contribution < -0.4 is 4.90 Å². The molecule has 1 fully saturated rings. The molecule has 7 heteroatoms. The minimum Gasteiger partial charge on any atom is -0.369 e. The summed E-state index contributed by atoms with van der Waals surface area (Å²) >= 11 is 12.1. The van der Waals surface area contributed by atoms with Gasteiger partial charge in [0.1, 0.15) is 0 Å². The molecule has 0 spiro atoms. The molecular weight excluding hydrogens is 403 g/mol. The first kappa shape index (κ1) is 20.5. The molecule has 0 amide bonds. The van der Waals surface area contributed by atoms with Gasteiger partial charge in [-0.2, -0.15) is 4.31 Å². The lowest BCUT2D eigenvalue weighted by atomic mass is 9.87. The molecule has 0 aromatic heterocycles. The van der Waals surface area contributed by atoms with Crippen molar-refractivity contribution in [2.45, 2.75) is 31.1 Å². The molecule has 2 aromatic rings. The van der Waals surface area contributed by atoms with E-state index in [1.54, 1.807) is 22.5 Å². The first-order valence-electron chi connectivity index (χ1n) is 8.90. The summed E-state index contributed by atoms with van der Waals surface area (Å²) < 4.78 is 27.5. The van der Waals surface area contributed by atoms with Gasteiger partial charge >= 0.3 is 0 Å². The minimum absolute atomic E-state index is 0.00618. The summed E-state index contributed by atoms with van der Waals surface area (Å²) in [6.07, 6.45) is 0. The van der Waals surface area contributed by atoms with Crippen molar-refractivity contribution >= 4 is 38.9 Å². The number of nitrogens with zero attached hydrogens (tertiary/aromatic N) is 2.